The van der Waals surface area contributed by atoms with Gasteiger partial charge in [0.2, 0.25) is 0 Å². The van der Waals surface area contributed by atoms with Crippen LogP contribution in [-0.2, 0) is 19.5 Å². The van der Waals surface area contributed by atoms with Gasteiger partial charge in [0.25, 0.3) is 0 Å². The Balaban J connectivity index is 0.000000605. The molecule has 0 atom stereocenters. The van der Waals surface area contributed by atoms with Crippen molar-refractivity contribution in [2.75, 3.05) is 0 Å². The molecule has 0 N–H and O–H groups in total. The molecular weight excluding hydrogens is 212 g/mol. The summed E-state index contributed by atoms with van der Waals surface area (Å²) >= 11 is 3.94. The van der Waals surface area contributed by atoms with Gasteiger partial charge in [0.05, 0.1) is 0 Å². The summed E-state index contributed by atoms with van der Waals surface area (Å²) in [5.41, 5.74) is 1.75. The summed E-state index contributed by atoms with van der Waals surface area (Å²) in [7, 11) is 0. The Kier molecular flexibility index (Phi) is 2.63. The van der Waals surface area contributed by atoms with Gasteiger partial charge >= 0.3 is 19.5 Å². The van der Waals surface area contributed by atoms with E-state index < -0.39 is 0 Å². The largest absolute Gasteiger partial charge is 2.00 e. The van der Waals surface area contributed by atoms with Crippen LogP contribution in [0.5, 0.6) is 0 Å². The summed E-state index contributed by atoms with van der Waals surface area (Å²) in [6.07, 6.45) is 0. The molecular formula is C6H5N3SZn+2. The number of hydrogen-bond acceptors (Lipinski definition) is 3. The average Bonchev–Trinajstić information content (AvgIpc) is 2.27. The van der Waals surface area contributed by atoms with E-state index in [1.165, 1.54) is 4.20 Å². The first-order valence-corrected chi connectivity index (χ1v) is 3.27. The van der Waals surface area contributed by atoms with E-state index in [9.17, 15) is 0 Å². The third-order valence-corrected chi connectivity index (χ3v) is 1.45. The van der Waals surface area contributed by atoms with Crippen LogP contribution < -0.4 is 0 Å². The molecule has 0 spiro atoms. The number of benzene rings is 1. The number of thiol groups is 1. The van der Waals surface area contributed by atoms with Crippen molar-refractivity contribution in [2.45, 2.75) is 0 Å². The van der Waals surface area contributed by atoms with E-state index >= 15 is 0 Å². The maximum Gasteiger partial charge on any atom is 2.00 e. The van der Waals surface area contributed by atoms with Crippen molar-refractivity contribution in [3.8, 4) is 0 Å². The van der Waals surface area contributed by atoms with Crippen LogP contribution in [0.15, 0.2) is 24.3 Å². The maximum atomic E-state index is 3.98. The molecule has 0 aliphatic rings. The van der Waals surface area contributed by atoms with Gasteiger partial charge in [-0.25, -0.2) is 0 Å². The van der Waals surface area contributed by atoms with Crippen LogP contribution in [0.3, 0.4) is 0 Å². The summed E-state index contributed by atoms with van der Waals surface area (Å²) in [6, 6.07) is 7.64. The molecule has 0 bridgehead atoms. The molecule has 1 aromatic heterocycles. The molecule has 0 saturated carbocycles. The molecule has 0 fully saturated rings. The summed E-state index contributed by atoms with van der Waals surface area (Å²) in [5.74, 6) is 0. The fourth-order valence-electron chi connectivity index (χ4n) is 0.848. The Morgan fingerprint density at radius 2 is 1.55 bits per heavy atom. The molecule has 0 aliphatic heterocycles. The van der Waals surface area contributed by atoms with Gasteiger partial charge < -0.3 is 0 Å². The standard InChI is InChI=1S/C6H5N3S.Zn/c10-9-7-5-3-1-2-4-6(5)8-9;/h1-4,10H;/q;+2. The van der Waals surface area contributed by atoms with Crippen LogP contribution in [0.4, 0.5) is 0 Å². The first kappa shape index (κ1) is 8.69. The second-order valence-electron chi connectivity index (χ2n) is 1.96. The Labute approximate surface area is 82.1 Å². The van der Waals surface area contributed by atoms with Gasteiger partial charge in [-0.05, 0) is 24.9 Å². The second kappa shape index (κ2) is 3.33. The van der Waals surface area contributed by atoms with Crippen LogP contribution in [0.25, 0.3) is 11.0 Å². The monoisotopic (exact) mass is 215 g/mol. The van der Waals surface area contributed by atoms with Crippen molar-refractivity contribution >= 4 is 23.8 Å². The molecule has 3 nitrogen and oxygen atoms in total. The minimum absolute atomic E-state index is 0. The topological polar surface area (TPSA) is 30.7 Å². The third kappa shape index (κ3) is 1.60. The minimum Gasteiger partial charge on any atom is -0.142 e. The SMILES string of the molecule is Sn1nc2ccccc2n1.[Zn+2]. The van der Waals surface area contributed by atoms with Gasteiger partial charge in [0, 0.05) is 0 Å². The van der Waals surface area contributed by atoms with Gasteiger partial charge in [-0.3, -0.25) is 0 Å². The van der Waals surface area contributed by atoms with Gasteiger partial charge in [-0.15, -0.1) is 14.4 Å². The second-order valence-corrected chi connectivity index (χ2v) is 2.31. The van der Waals surface area contributed by atoms with E-state index in [1.54, 1.807) is 0 Å². The molecule has 0 amide bonds. The summed E-state index contributed by atoms with van der Waals surface area (Å²) in [4.78, 5) is 0. The molecule has 0 aliphatic carbocycles. The molecule has 2 rings (SSSR count). The maximum absolute atomic E-state index is 3.98. The van der Waals surface area contributed by atoms with Crippen LogP contribution in [0.2, 0.25) is 0 Å². The van der Waals surface area contributed by atoms with Crippen LogP contribution in [0.1, 0.15) is 0 Å². The molecule has 0 saturated heterocycles. The number of fused-ring (bicyclic) bond motifs is 1. The Hall–Kier alpha value is -0.407. The molecule has 0 unspecified atom stereocenters. The molecule has 1 aromatic carbocycles. The predicted octanol–water partition coefficient (Wildman–Crippen LogP) is 1.12. The van der Waals surface area contributed by atoms with Crippen molar-refractivity contribution in [3.05, 3.63) is 24.3 Å². The Bertz CT molecular complexity index is 326. The van der Waals surface area contributed by atoms with E-state index in [1.807, 2.05) is 24.3 Å². The zero-order valence-electron chi connectivity index (χ0n) is 5.81. The van der Waals surface area contributed by atoms with Gasteiger partial charge in [-0.2, -0.15) is 0 Å². The number of aromatic nitrogens is 3. The van der Waals surface area contributed by atoms with E-state index in [0.717, 1.165) is 11.0 Å². The third-order valence-electron chi connectivity index (χ3n) is 1.28. The van der Waals surface area contributed by atoms with E-state index in [2.05, 4.69) is 23.0 Å². The van der Waals surface area contributed by atoms with Crippen LogP contribution >= 0.6 is 12.8 Å². The smallest absolute Gasteiger partial charge is 0.142 e. The van der Waals surface area contributed by atoms with Gasteiger partial charge in [0.15, 0.2) is 0 Å². The van der Waals surface area contributed by atoms with E-state index in [0.29, 0.717) is 0 Å². The fraction of sp³-hybridized carbons (Fsp3) is 0. The molecule has 11 heavy (non-hydrogen) atoms. The molecule has 1 heterocycles. The summed E-state index contributed by atoms with van der Waals surface area (Å²) in [5, 5.41) is 7.97. The summed E-state index contributed by atoms with van der Waals surface area (Å²) in [6.45, 7) is 0. The quantitative estimate of drug-likeness (QED) is 0.529. The van der Waals surface area contributed by atoms with Crippen molar-refractivity contribution in [1.82, 2.24) is 14.4 Å². The van der Waals surface area contributed by atoms with Crippen molar-refractivity contribution in [3.63, 3.8) is 0 Å². The molecule has 0 radical (unpaired) electrons. The Morgan fingerprint density at radius 3 is 2.00 bits per heavy atom. The van der Waals surface area contributed by atoms with Gasteiger partial charge in [0.1, 0.15) is 11.0 Å². The zero-order chi connectivity index (χ0) is 6.97. The predicted molar refractivity (Wildman–Crippen MR) is 41.9 cm³/mol. The van der Waals surface area contributed by atoms with Crippen molar-refractivity contribution in [2.24, 2.45) is 0 Å². The fourth-order valence-corrected chi connectivity index (χ4v) is 1.04. The van der Waals surface area contributed by atoms with Gasteiger partial charge in [-0.1, -0.05) is 12.1 Å². The van der Waals surface area contributed by atoms with E-state index in [-0.39, 0.29) is 19.5 Å². The summed E-state index contributed by atoms with van der Waals surface area (Å²) < 4.78 is 1.27. The van der Waals surface area contributed by atoms with Crippen molar-refractivity contribution < 1.29 is 19.5 Å². The van der Waals surface area contributed by atoms with Crippen LogP contribution in [0, 0.1) is 0 Å². The number of rotatable bonds is 0. The molecule has 50 valence electrons. The minimum atomic E-state index is 0. The first-order valence-electron chi connectivity index (χ1n) is 2.87. The van der Waals surface area contributed by atoms with Crippen LogP contribution in [-0.4, -0.2) is 14.4 Å². The number of nitrogens with zero attached hydrogens (tertiary/aromatic N) is 3. The molecule has 2 aromatic rings. The average molecular weight is 217 g/mol. The van der Waals surface area contributed by atoms with E-state index in [4.69, 9.17) is 0 Å². The first-order chi connectivity index (χ1) is 4.86. The van der Waals surface area contributed by atoms with Crippen molar-refractivity contribution in [1.29, 1.82) is 0 Å². The zero-order valence-corrected chi connectivity index (χ0v) is 9.67. The Morgan fingerprint density at radius 1 is 1.09 bits per heavy atom. The number of hydrogen-bond donors (Lipinski definition) is 1. The normalized spacial score (nSPS) is 9.55. The molecule has 5 heteroatoms.